The quantitative estimate of drug-likeness (QED) is 0.301. The lowest BCUT2D eigenvalue weighted by Gasteiger charge is -2.26. The number of halogens is 1. The number of benzene rings is 2. The van der Waals surface area contributed by atoms with E-state index in [2.05, 4.69) is 27.8 Å². The van der Waals surface area contributed by atoms with Crippen molar-refractivity contribution in [2.45, 2.75) is 13.3 Å². The Morgan fingerprint density at radius 2 is 1.85 bits per heavy atom. The van der Waals surface area contributed by atoms with Gasteiger partial charge in [0.25, 0.3) is 11.8 Å². The van der Waals surface area contributed by atoms with Crippen LogP contribution < -0.4 is 24.4 Å². The molecule has 8 nitrogen and oxygen atoms in total. The van der Waals surface area contributed by atoms with E-state index in [1.165, 1.54) is 13.2 Å². The SMILES string of the molecule is C=CCOc1c(Br)cc(/C=C2/C(=O)NC(=O)N(c3ccc(OCCC)cc3)C2=O)cc1OC. The van der Waals surface area contributed by atoms with Gasteiger partial charge in [-0.1, -0.05) is 19.6 Å². The van der Waals surface area contributed by atoms with Gasteiger partial charge in [0.2, 0.25) is 0 Å². The third kappa shape index (κ3) is 5.43. The van der Waals surface area contributed by atoms with Crippen LogP contribution in [-0.2, 0) is 9.59 Å². The van der Waals surface area contributed by atoms with E-state index >= 15 is 0 Å². The number of hydrogen-bond donors (Lipinski definition) is 1. The van der Waals surface area contributed by atoms with Crippen molar-refractivity contribution in [1.29, 1.82) is 0 Å². The molecule has 1 fully saturated rings. The summed E-state index contributed by atoms with van der Waals surface area (Å²) in [5, 5.41) is 2.21. The third-order valence-electron chi connectivity index (χ3n) is 4.58. The van der Waals surface area contributed by atoms with Gasteiger partial charge in [-0.05, 0) is 70.4 Å². The van der Waals surface area contributed by atoms with Crippen LogP contribution in [0.3, 0.4) is 0 Å². The molecule has 0 aliphatic carbocycles. The first-order chi connectivity index (χ1) is 15.9. The molecule has 0 atom stereocenters. The molecule has 2 aromatic rings. The maximum absolute atomic E-state index is 13.1. The minimum Gasteiger partial charge on any atom is -0.494 e. The number of anilines is 1. The van der Waals surface area contributed by atoms with Crippen LogP contribution in [0.25, 0.3) is 6.08 Å². The summed E-state index contributed by atoms with van der Waals surface area (Å²) in [7, 11) is 1.48. The zero-order valence-electron chi connectivity index (χ0n) is 18.2. The molecular formula is C24H23BrN2O6. The molecule has 0 spiro atoms. The summed E-state index contributed by atoms with van der Waals surface area (Å²) < 4.78 is 17.1. The van der Waals surface area contributed by atoms with Crippen molar-refractivity contribution in [3.05, 3.63) is 64.7 Å². The molecule has 0 radical (unpaired) electrons. The number of hydrogen-bond acceptors (Lipinski definition) is 6. The Balaban J connectivity index is 1.93. The lowest BCUT2D eigenvalue weighted by atomic mass is 10.1. The molecule has 1 saturated heterocycles. The second-order valence-electron chi connectivity index (χ2n) is 6.93. The highest BCUT2D eigenvalue weighted by Crippen LogP contribution is 2.37. The van der Waals surface area contributed by atoms with Gasteiger partial charge in [0, 0.05) is 0 Å². The first-order valence-electron chi connectivity index (χ1n) is 10.1. The van der Waals surface area contributed by atoms with E-state index in [1.807, 2.05) is 6.92 Å². The normalized spacial score (nSPS) is 14.8. The molecule has 0 unspecified atom stereocenters. The Hall–Kier alpha value is -3.59. The van der Waals surface area contributed by atoms with Gasteiger partial charge in [0.05, 0.1) is 23.9 Å². The highest BCUT2D eigenvalue weighted by Gasteiger charge is 2.36. The molecule has 33 heavy (non-hydrogen) atoms. The van der Waals surface area contributed by atoms with Crippen molar-refractivity contribution in [2.24, 2.45) is 0 Å². The van der Waals surface area contributed by atoms with Gasteiger partial charge in [-0.15, -0.1) is 0 Å². The highest BCUT2D eigenvalue weighted by atomic mass is 79.9. The third-order valence-corrected chi connectivity index (χ3v) is 5.17. The molecule has 9 heteroatoms. The van der Waals surface area contributed by atoms with E-state index in [1.54, 1.807) is 42.5 Å². The van der Waals surface area contributed by atoms with Crippen LogP contribution in [-0.4, -0.2) is 38.2 Å². The number of nitrogens with zero attached hydrogens (tertiary/aromatic N) is 1. The first-order valence-corrected chi connectivity index (χ1v) is 10.9. The zero-order valence-corrected chi connectivity index (χ0v) is 19.8. The largest absolute Gasteiger partial charge is 0.494 e. The molecule has 4 amide bonds. The fourth-order valence-corrected chi connectivity index (χ4v) is 3.65. The van der Waals surface area contributed by atoms with Crippen molar-refractivity contribution in [2.75, 3.05) is 25.2 Å². The van der Waals surface area contributed by atoms with Gasteiger partial charge in [-0.3, -0.25) is 14.9 Å². The molecule has 1 heterocycles. The van der Waals surface area contributed by atoms with Crippen LogP contribution in [0, 0.1) is 0 Å². The second kappa shape index (κ2) is 10.8. The Morgan fingerprint density at radius 1 is 1.12 bits per heavy atom. The minimum atomic E-state index is -0.823. The maximum atomic E-state index is 13.1. The van der Waals surface area contributed by atoms with Crippen LogP contribution in [0.2, 0.25) is 0 Å². The predicted octanol–water partition coefficient (Wildman–Crippen LogP) is 4.48. The summed E-state index contributed by atoms with van der Waals surface area (Å²) in [5.74, 6) is -0.0502. The first kappa shape index (κ1) is 24.1. The molecule has 2 aromatic carbocycles. The Bertz CT molecular complexity index is 1110. The average Bonchev–Trinajstić information content (AvgIpc) is 2.80. The fraction of sp³-hybridized carbons (Fsp3) is 0.208. The molecule has 172 valence electrons. The maximum Gasteiger partial charge on any atom is 0.335 e. The summed E-state index contributed by atoms with van der Waals surface area (Å²) >= 11 is 3.42. The highest BCUT2D eigenvalue weighted by molar-refractivity contribution is 9.10. The van der Waals surface area contributed by atoms with Crippen molar-refractivity contribution in [1.82, 2.24) is 5.32 Å². The number of carbonyl (C=O) groups excluding carboxylic acids is 3. The smallest absolute Gasteiger partial charge is 0.335 e. The molecule has 0 aromatic heterocycles. The van der Waals surface area contributed by atoms with Gasteiger partial charge < -0.3 is 14.2 Å². The van der Waals surface area contributed by atoms with Crippen molar-refractivity contribution < 1.29 is 28.6 Å². The molecule has 1 N–H and O–H groups in total. The van der Waals surface area contributed by atoms with Crippen LogP contribution in [0.1, 0.15) is 18.9 Å². The van der Waals surface area contributed by atoms with Crippen molar-refractivity contribution in [3.63, 3.8) is 0 Å². The fourth-order valence-electron chi connectivity index (χ4n) is 3.08. The van der Waals surface area contributed by atoms with Gasteiger partial charge in [0.15, 0.2) is 11.5 Å². The van der Waals surface area contributed by atoms with Crippen LogP contribution in [0.15, 0.2) is 59.1 Å². The number of urea groups is 1. The van der Waals surface area contributed by atoms with Gasteiger partial charge in [-0.2, -0.15) is 0 Å². The van der Waals surface area contributed by atoms with Gasteiger partial charge >= 0.3 is 6.03 Å². The molecular weight excluding hydrogens is 492 g/mol. The van der Waals surface area contributed by atoms with E-state index in [4.69, 9.17) is 14.2 Å². The van der Waals surface area contributed by atoms with E-state index < -0.39 is 17.8 Å². The molecule has 1 aliphatic heterocycles. The number of nitrogens with one attached hydrogen (secondary N) is 1. The number of amides is 4. The van der Waals surface area contributed by atoms with Gasteiger partial charge in [0.1, 0.15) is 17.9 Å². The number of rotatable bonds is 9. The topological polar surface area (TPSA) is 94.2 Å². The molecule has 1 aliphatic rings. The Labute approximate surface area is 199 Å². The second-order valence-corrected chi connectivity index (χ2v) is 7.79. The van der Waals surface area contributed by atoms with Crippen LogP contribution in [0.5, 0.6) is 17.2 Å². The summed E-state index contributed by atoms with van der Waals surface area (Å²) in [6, 6.07) is 8.97. The Kier molecular flexibility index (Phi) is 7.89. The summed E-state index contributed by atoms with van der Waals surface area (Å²) in [4.78, 5) is 38.9. The standard InChI is InChI=1S/C24H23BrN2O6/c1-4-10-32-17-8-6-16(7-9-17)27-23(29)18(22(28)26-24(27)30)12-15-13-19(25)21(33-11-5-2)20(14-15)31-3/h5-9,12-14H,2,4,10-11H2,1,3H3,(H,26,28,30)/b18-12-. The monoisotopic (exact) mass is 514 g/mol. The average molecular weight is 515 g/mol. The number of methoxy groups -OCH3 is 1. The zero-order chi connectivity index (χ0) is 24.0. The van der Waals surface area contributed by atoms with E-state index in [9.17, 15) is 14.4 Å². The van der Waals surface area contributed by atoms with E-state index in [-0.39, 0.29) is 12.2 Å². The minimum absolute atomic E-state index is 0.199. The number of ether oxygens (including phenoxy) is 3. The summed E-state index contributed by atoms with van der Waals surface area (Å²) in [6.07, 6.45) is 3.84. The number of imide groups is 2. The van der Waals surface area contributed by atoms with Crippen molar-refractivity contribution >= 4 is 45.5 Å². The van der Waals surface area contributed by atoms with Gasteiger partial charge in [-0.25, -0.2) is 9.69 Å². The summed E-state index contributed by atoms with van der Waals surface area (Å²) in [5.41, 5.74) is 0.613. The number of barbiturate groups is 1. The lowest BCUT2D eigenvalue weighted by Crippen LogP contribution is -2.54. The molecule has 3 rings (SSSR count). The van der Waals surface area contributed by atoms with Crippen LogP contribution in [0.4, 0.5) is 10.5 Å². The van der Waals surface area contributed by atoms with Crippen LogP contribution >= 0.6 is 15.9 Å². The van der Waals surface area contributed by atoms with Crippen molar-refractivity contribution in [3.8, 4) is 17.2 Å². The predicted molar refractivity (Wildman–Crippen MR) is 128 cm³/mol. The summed E-state index contributed by atoms with van der Waals surface area (Å²) in [6.45, 7) is 6.44. The van der Waals surface area contributed by atoms with E-state index in [0.29, 0.717) is 39.6 Å². The number of carbonyl (C=O) groups is 3. The lowest BCUT2D eigenvalue weighted by molar-refractivity contribution is -0.122. The molecule has 0 saturated carbocycles. The Morgan fingerprint density at radius 3 is 2.48 bits per heavy atom. The molecule has 0 bridgehead atoms. The van der Waals surface area contributed by atoms with E-state index in [0.717, 1.165) is 11.3 Å².